The summed E-state index contributed by atoms with van der Waals surface area (Å²) in [6.07, 6.45) is 10.6. The van der Waals surface area contributed by atoms with E-state index in [-0.39, 0.29) is 24.8 Å². The first-order valence-electron chi connectivity index (χ1n) is 21.9. The molecule has 2 aromatic carbocycles. The number of pyridine rings is 2. The third-order valence-corrected chi connectivity index (χ3v) is 13.5. The molecule has 0 bridgehead atoms. The van der Waals surface area contributed by atoms with Crippen LogP contribution in [0.2, 0.25) is 0 Å². The number of rotatable bonds is 10. The SMILES string of the molecule is CNc1cc2cc(-c3cnc4c(c3C)NCCO4)c(F)cc2cn1.Cc1cc(N2CCC(CN3CC4(CCC(OC=O)CC4)C3)CC2)ccc1C(=O)N(C=O)C1CCC(=O)NC1=O. The smallest absolute Gasteiger partial charge is 0.293 e. The molecule has 63 heavy (non-hydrogen) atoms. The molecular weight excluding hydrogens is 808 g/mol. The number of imide groups is 2. The van der Waals surface area contributed by atoms with Gasteiger partial charge in [-0.2, -0.15) is 0 Å². The second kappa shape index (κ2) is 18.7. The van der Waals surface area contributed by atoms with E-state index in [1.54, 1.807) is 18.5 Å². The van der Waals surface area contributed by atoms with Gasteiger partial charge in [0.2, 0.25) is 24.1 Å². The van der Waals surface area contributed by atoms with Crippen LogP contribution in [0.15, 0.2) is 48.8 Å². The van der Waals surface area contributed by atoms with Crippen LogP contribution in [0.25, 0.3) is 21.9 Å². The number of hydrogen-bond acceptors (Lipinski definition) is 13. The van der Waals surface area contributed by atoms with Gasteiger partial charge in [0.15, 0.2) is 0 Å². The number of halogens is 1. The van der Waals surface area contributed by atoms with Gasteiger partial charge in [-0.3, -0.25) is 34.2 Å². The maximum atomic E-state index is 14.7. The lowest BCUT2D eigenvalue weighted by Crippen LogP contribution is -2.59. The van der Waals surface area contributed by atoms with Gasteiger partial charge in [-0.05, 0) is 123 Å². The molecule has 6 heterocycles. The highest BCUT2D eigenvalue weighted by Gasteiger charge is 2.46. The van der Waals surface area contributed by atoms with Crippen LogP contribution in [0.3, 0.4) is 0 Å². The standard InChI is InChI=1S/C29H38N4O6.C18H17FN4O/c1-20-14-22(2-3-24(20)28(38)33(18-34)25-4-5-26(36)30-27(25)37)32-12-8-21(9-13-32)15-31-16-29(17-31)10-6-23(7-11-29)39-19-35;1-10-14(9-23-18-17(10)21-3-4-24-18)13-5-11-7-16(20-2)22-8-12(11)6-15(13)19/h2-3,14,18-19,21,23,25H,4-13,15-17H2,1H3,(H,30,36,37);5-9,21H,3-4H2,1-2H3,(H,20,22). The van der Waals surface area contributed by atoms with Crippen molar-refractivity contribution in [2.24, 2.45) is 11.3 Å². The van der Waals surface area contributed by atoms with Gasteiger partial charge in [-0.25, -0.2) is 14.4 Å². The predicted octanol–water partition coefficient (Wildman–Crippen LogP) is 5.62. The summed E-state index contributed by atoms with van der Waals surface area (Å²) in [6.45, 7) is 11.1. The van der Waals surface area contributed by atoms with Gasteiger partial charge in [-0.1, -0.05) is 0 Å². The number of carbonyl (C=O) groups is 5. The first-order chi connectivity index (χ1) is 30.5. The van der Waals surface area contributed by atoms with Crippen molar-refractivity contribution in [3.8, 4) is 17.0 Å². The molecule has 4 amide bonds. The molecule has 4 fully saturated rings. The Bertz CT molecular complexity index is 2390. The minimum atomic E-state index is -0.974. The van der Waals surface area contributed by atoms with Crippen LogP contribution in [0.1, 0.15) is 72.9 Å². The topological polar surface area (TPSA) is 175 Å². The molecule has 5 aliphatic rings. The molecule has 9 rings (SSSR count). The van der Waals surface area contributed by atoms with Crippen molar-refractivity contribution in [1.29, 1.82) is 0 Å². The molecule has 1 aliphatic carbocycles. The fraction of sp³-hybridized carbons (Fsp3) is 0.468. The Balaban J connectivity index is 0.000000193. The van der Waals surface area contributed by atoms with Crippen LogP contribution >= 0.6 is 0 Å². The normalized spacial score (nSPS) is 19.9. The zero-order chi connectivity index (χ0) is 44.3. The molecule has 332 valence electrons. The van der Waals surface area contributed by atoms with E-state index in [9.17, 15) is 28.4 Å². The minimum Gasteiger partial charge on any atom is -0.474 e. The molecule has 4 aliphatic heterocycles. The van der Waals surface area contributed by atoms with E-state index in [1.165, 1.54) is 6.07 Å². The van der Waals surface area contributed by atoms with Crippen molar-refractivity contribution in [2.75, 3.05) is 68.5 Å². The average Bonchev–Trinajstić information content (AvgIpc) is 3.28. The van der Waals surface area contributed by atoms with Crippen molar-refractivity contribution in [1.82, 2.24) is 25.1 Å². The number of ether oxygens (including phenoxy) is 2. The summed E-state index contributed by atoms with van der Waals surface area (Å²) in [5, 5.41) is 10.2. The molecule has 16 heteroatoms. The van der Waals surface area contributed by atoms with E-state index in [2.05, 4.69) is 35.7 Å². The lowest BCUT2D eigenvalue weighted by Gasteiger charge is -2.54. The fourth-order valence-corrected chi connectivity index (χ4v) is 9.94. The summed E-state index contributed by atoms with van der Waals surface area (Å²) in [5.41, 5.74) is 5.66. The molecule has 2 aromatic heterocycles. The first kappa shape index (κ1) is 43.5. The summed E-state index contributed by atoms with van der Waals surface area (Å²) >= 11 is 0. The summed E-state index contributed by atoms with van der Waals surface area (Å²) < 4.78 is 25.4. The number of hydrogen-bond donors (Lipinski definition) is 3. The van der Waals surface area contributed by atoms with Gasteiger partial charge in [0.1, 0.15) is 36.1 Å². The zero-order valence-corrected chi connectivity index (χ0v) is 36.1. The number of nitrogens with zero attached hydrogens (tertiary/aromatic N) is 5. The van der Waals surface area contributed by atoms with E-state index in [4.69, 9.17) is 9.47 Å². The van der Waals surface area contributed by atoms with Gasteiger partial charge in [0.05, 0.1) is 0 Å². The Morgan fingerprint density at radius 3 is 2.48 bits per heavy atom. The van der Waals surface area contributed by atoms with Crippen LogP contribution in [0.4, 0.5) is 21.6 Å². The number of nitrogens with one attached hydrogen (secondary N) is 3. The van der Waals surface area contributed by atoms with Crippen LogP contribution in [0, 0.1) is 31.0 Å². The van der Waals surface area contributed by atoms with E-state index in [0.29, 0.717) is 47.8 Å². The maximum absolute atomic E-state index is 14.7. The zero-order valence-electron chi connectivity index (χ0n) is 36.1. The van der Waals surface area contributed by atoms with Gasteiger partial charge < -0.3 is 29.9 Å². The molecular formula is C47H55FN8O7. The minimum absolute atomic E-state index is 0.0961. The summed E-state index contributed by atoms with van der Waals surface area (Å²) in [6, 6.07) is 9.91. The second-order valence-electron chi connectivity index (χ2n) is 17.6. The quantitative estimate of drug-likeness (QED) is 0.133. The van der Waals surface area contributed by atoms with Gasteiger partial charge >= 0.3 is 0 Å². The molecule has 3 N–H and O–H groups in total. The molecule has 15 nitrogen and oxygen atoms in total. The third kappa shape index (κ3) is 9.31. The second-order valence-corrected chi connectivity index (χ2v) is 17.6. The number of aromatic nitrogens is 2. The first-order valence-corrected chi connectivity index (χ1v) is 21.9. The summed E-state index contributed by atoms with van der Waals surface area (Å²) in [7, 11) is 1.81. The Kier molecular flexibility index (Phi) is 12.9. The van der Waals surface area contributed by atoms with E-state index < -0.39 is 23.8 Å². The number of benzene rings is 2. The van der Waals surface area contributed by atoms with Crippen LogP contribution in [0.5, 0.6) is 5.88 Å². The van der Waals surface area contributed by atoms with Crippen molar-refractivity contribution < 1.29 is 37.8 Å². The number of amides is 4. The van der Waals surface area contributed by atoms with Crippen molar-refractivity contribution in [2.45, 2.75) is 77.4 Å². The molecule has 1 unspecified atom stereocenters. The van der Waals surface area contributed by atoms with E-state index in [0.717, 1.165) is 127 Å². The van der Waals surface area contributed by atoms with Crippen LogP contribution in [-0.2, 0) is 23.9 Å². The number of likely N-dealkylation sites (tertiary alicyclic amines) is 1. The number of piperidine rings is 2. The summed E-state index contributed by atoms with van der Waals surface area (Å²) in [5.74, 6) is 0.166. The molecule has 4 aromatic rings. The lowest BCUT2D eigenvalue weighted by molar-refractivity contribution is -0.140. The van der Waals surface area contributed by atoms with E-state index >= 15 is 0 Å². The number of carbonyl (C=O) groups excluding carboxylic acids is 5. The third-order valence-electron chi connectivity index (χ3n) is 13.5. The molecule has 3 saturated heterocycles. The highest BCUT2D eigenvalue weighted by molar-refractivity contribution is 6.07. The number of anilines is 3. The maximum Gasteiger partial charge on any atom is 0.293 e. The van der Waals surface area contributed by atoms with Crippen molar-refractivity contribution in [3.63, 3.8) is 0 Å². The molecule has 1 atom stereocenters. The molecule has 1 spiro atoms. The monoisotopic (exact) mass is 862 g/mol. The highest BCUT2D eigenvalue weighted by Crippen LogP contribution is 2.45. The average molecular weight is 863 g/mol. The van der Waals surface area contributed by atoms with E-state index in [1.807, 2.05) is 45.2 Å². The molecule has 1 saturated carbocycles. The van der Waals surface area contributed by atoms with Crippen molar-refractivity contribution in [3.05, 3.63) is 71.3 Å². The van der Waals surface area contributed by atoms with Crippen molar-refractivity contribution >= 4 is 58.6 Å². The molecule has 0 radical (unpaired) electrons. The Morgan fingerprint density at radius 1 is 1.00 bits per heavy atom. The highest BCUT2D eigenvalue weighted by atomic mass is 19.1. The van der Waals surface area contributed by atoms with Gasteiger partial charge in [0, 0.05) is 92.9 Å². The lowest BCUT2D eigenvalue weighted by atomic mass is 9.67. The van der Waals surface area contributed by atoms with Gasteiger partial charge in [-0.15, -0.1) is 0 Å². The Labute approximate surface area is 366 Å². The predicted molar refractivity (Wildman–Crippen MR) is 236 cm³/mol. The Morgan fingerprint density at radius 2 is 1.78 bits per heavy atom. The van der Waals surface area contributed by atoms with Gasteiger partial charge in [0.25, 0.3) is 12.4 Å². The van der Waals surface area contributed by atoms with Crippen LogP contribution < -0.4 is 25.6 Å². The largest absolute Gasteiger partial charge is 0.474 e. The Hall–Kier alpha value is -6.16. The fourth-order valence-electron chi connectivity index (χ4n) is 9.94. The number of fused-ring (bicyclic) bond motifs is 2. The summed E-state index contributed by atoms with van der Waals surface area (Å²) in [4.78, 5) is 73.5. The number of aryl methyl sites for hydroxylation is 1. The van der Waals surface area contributed by atoms with Crippen LogP contribution in [-0.4, -0.2) is 115 Å².